The first-order valence-corrected chi connectivity index (χ1v) is 5.99. The van der Waals surface area contributed by atoms with Gasteiger partial charge in [0, 0.05) is 6.54 Å². The van der Waals surface area contributed by atoms with E-state index in [0.29, 0.717) is 6.54 Å². The Kier molecular flexibility index (Phi) is 3.18. The molecular formula is C7H12ClN3O2S. The number of halogens is 1. The average Bonchev–Trinajstić information content (AvgIpc) is 2.28. The third-order valence-corrected chi connectivity index (χ3v) is 2.92. The molecule has 0 aliphatic rings. The Hall–Kier alpha value is -0.590. The van der Waals surface area contributed by atoms with E-state index in [0.717, 1.165) is 0 Å². The van der Waals surface area contributed by atoms with Gasteiger partial charge in [0.25, 0.3) is 10.0 Å². The number of rotatable bonds is 3. The van der Waals surface area contributed by atoms with Crippen LogP contribution in [0.25, 0.3) is 0 Å². The summed E-state index contributed by atoms with van der Waals surface area (Å²) in [5.74, 6) is 0.270. The molecule has 7 heteroatoms. The van der Waals surface area contributed by atoms with Crippen molar-refractivity contribution >= 4 is 21.6 Å². The van der Waals surface area contributed by atoms with Crippen LogP contribution in [0.2, 0.25) is 5.02 Å². The third kappa shape index (κ3) is 2.46. The first-order chi connectivity index (χ1) is 6.32. The summed E-state index contributed by atoms with van der Waals surface area (Å²) < 4.78 is 23.6. The second kappa shape index (κ2) is 3.88. The van der Waals surface area contributed by atoms with E-state index in [1.807, 2.05) is 13.8 Å². The molecule has 1 rings (SSSR count). The number of aromatic nitrogens is 2. The van der Waals surface area contributed by atoms with Gasteiger partial charge < -0.3 is 0 Å². The van der Waals surface area contributed by atoms with Gasteiger partial charge in [0.05, 0.1) is 11.2 Å². The van der Waals surface area contributed by atoms with Crippen LogP contribution in [-0.2, 0) is 16.6 Å². The lowest BCUT2D eigenvalue weighted by Gasteiger charge is -2.08. The fourth-order valence-electron chi connectivity index (χ4n) is 1.11. The molecule has 5 nitrogen and oxygen atoms in total. The number of hydrogen-bond acceptors (Lipinski definition) is 3. The topological polar surface area (TPSA) is 78.0 Å². The van der Waals surface area contributed by atoms with Crippen LogP contribution in [0.3, 0.4) is 0 Å². The third-order valence-electron chi connectivity index (χ3n) is 1.56. The maximum absolute atomic E-state index is 11.1. The molecule has 0 atom stereocenters. The monoisotopic (exact) mass is 237 g/mol. The predicted octanol–water partition coefficient (Wildman–Crippen LogP) is 0.840. The van der Waals surface area contributed by atoms with Crippen molar-refractivity contribution < 1.29 is 8.42 Å². The van der Waals surface area contributed by atoms with E-state index in [-0.39, 0.29) is 16.0 Å². The Balaban J connectivity index is 3.20. The number of nitrogens with zero attached hydrogens (tertiary/aromatic N) is 2. The molecule has 14 heavy (non-hydrogen) atoms. The minimum atomic E-state index is -3.80. The van der Waals surface area contributed by atoms with E-state index in [2.05, 4.69) is 5.10 Å². The van der Waals surface area contributed by atoms with Gasteiger partial charge in [-0.25, -0.2) is 13.6 Å². The van der Waals surface area contributed by atoms with Crippen LogP contribution in [0, 0.1) is 5.92 Å². The summed E-state index contributed by atoms with van der Waals surface area (Å²) in [5.41, 5.74) is 0. The van der Waals surface area contributed by atoms with E-state index in [1.165, 1.54) is 10.9 Å². The Bertz CT molecular complexity index is 424. The maximum atomic E-state index is 11.1. The van der Waals surface area contributed by atoms with Gasteiger partial charge in [-0.3, -0.25) is 4.68 Å². The lowest BCUT2D eigenvalue weighted by molar-refractivity contribution is 0.449. The quantitative estimate of drug-likeness (QED) is 0.846. The van der Waals surface area contributed by atoms with Gasteiger partial charge in [-0.1, -0.05) is 25.4 Å². The van der Waals surface area contributed by atoms with Crippen molar-refractivity contribution in [2.24, 2.45) is 11.1 Å². The fourth-order valence-corrected chi connectivity index (χ4v) is 2.31. The summed E-state index contributed by atoms with van der Waals surface area (Å²) in [5, 5.41) is 8.80. The molecular weight excluding hydrogens is 226 g/mol. The van der Waals surface area contributed by atoms with E-state index < -0.39 is 10.0 Å². The molecule has 2 N–H and O–H groups in total. The molecule has 1 heterocycles. The van der Waals surface area contributed by atoms with Crippen molar-refractivity contribution in [3.63, 3.8) is 0 Å². The van der Waals surface area contributed by atoms with Crippen LogP contribution >= 0.6 is 11.6 Å². The summed E-state index contributed by atoms with van der Waals surface area (Å²) in [7, 11) is -3.80. The van der Waals surface area contributed by atoms with Crippen molar-refractivity contribution in [1.82, 2.24) is 9.78 Å². The number of primary sulfonamides is 1. The van der Waals surface area contributed by atoms with Gasteiger partial charge >= 0.3 is 0 Å². The van der Waals surface area contributed by atoms with Crippen molar-refractivity contribution in [2.75, 3.05) is 0 Å². The van der Waals surface area contributed by atoms with Gasteiger partial charge in [0.1, 0.15) is 0 Å². The predicted molar refractivity (Wildman–Crippen MR) is 53.4 cm³/mol. The van der Waals surface area contributed by atoms with Crippen LogP contribution in [0.5, 0.6) is 0 Å². The molecule has 1 aromatic rings. The Morgan fingerprint density at radius 2 is 2.21 bits per heavy atom. The summed E-state index contributed by atoms with van der Waals surface area (Å²) in [6, 6.07) is 0. The highest BCUT2D eigenvalue weighted by molar-refractivity contribution is 7.89. The molecule has 0 radical (unpaired) electrons. The molecule has 0 aliphatic carbocycles. The molecule has 1 aromatic heterocycles. The minimum Gasteiger partial charge on any atom is -0.251 e. The standard InChI is InChI=1S/C7H12ClN3O2S/c1-5(2)4-11-7(14(9,12)13)6(8)3-10-11/h3,5H,4H2,1-2H3,(H2,9,12,13). The van der Waals surface area contributed by atoms with Crippen LogP contribution in [-0.4, -0.2) is 18.2 Å². The zero-order valence-corrected chi connectivity index (χ0v) is 9.51. The molecule has 0 aromatic carbocycles. The second-order valence-corrected chi connectivity index (χ2v) is 5.30. The van der Waals surface area contributed by atoms with Gasteiger partial charge in [0.15, 0.2) is 5.03 Å². The molecule has 0 spiro atoms. The molecule has 0 saturated heterocycles. The summed E-state index contributed by atoms with van der Waals surface area (Å²) in [6.07, 6.45) is 1.28. The molecule has 0 fully saturated rings. The number of hydrogen-bond donors (Lipinski definition) is 1. The Morgan fingerprint density at radius 3 is 2.64 bits per heavy atom. The normalized spacial score (nSPS) is 12.4. The van der Waals surface area contributed by atoms with Gasteiger partial charge in [0.2, 0.25) is 0 Å². The van der Waals surface area contributed by atoms with E-state index >= 15 is 0 Å². The van der Waals surface area contributed by atoms with E-state index in [1.54, 1.807) is 0 Å². The smallest absolute Gasteiger partial charge is 0.251 e. The van der Waals surface area contributed by atoms with Crippen molar-refractivity contribution in [3.8, 4) is 0 Å². The molecule has 0 amide bonds. The van der Waals surface area contributed by atoms with Crippen LogP contribution in [0.1, 0.15) is 13.8 Å². The highest BCUT2D eigenvalue weighted by atomic mass is 35.5. The largest absolute Gasteiger partial charge is 0.256 e. The molecule has 0 saturated carbocycles. The van der Waals surface area contributed by atoms with E-state index in [9.17, 15) is 8.42 Å². The molecule has 0 bridgehead atoms. The zero-order valence-electron chi connectivity index (χ0n) is 7.94. The number of nitrogens with two attached hydrogens (primary N) is 1. The summed E-state index contributed by atoms with van der Waals surface area (Å²) in [4.78, 5) is 0. The number of sulfonamides is 1. The lowest BCUT2D eigenvalue weighted by Crippen LogP contribution is -2.20. The van der Waals surface area contributed by atoms with Crippen molar-refractivity contribution in [3.05, 3.63) is 11.2 Å². The first-order valence-electron chi connectivity index (χ1n) is 4.06. The molecule has 0 aliphatic heterocycles. The Labute approximate surface area is 87.9 Å². The van der Waals surface area contributed by atoms with Gasteiger partial charge in [-0.2, -0.15) is 5.10 Å². The van der Waals surface area contributed by atoms with Crippen LogP contribution < -0.4 is 5.14 Å². The van der Waals surface area contributed by atoms with Crippen molar-refractivity contribution in [2.45, 2.75) is 25.4 Å². The second-order valence-electron chi connectivity index (χ2n) is 3.42. The zero-order chi connectivity index (χ0) is 10.9. The van der Waals surface area contributed by atoms with Crippen molar-refractivity contribution in [1.29, 1.82) is 0 Å². The van der Waals surface area contributed by atoms with Crippen LogP contribution in [0.15, 0.2) is 11.2 Å². The molecule has 0 unspecified atom stereocenters. The molecule has 80 valence electrons. The average molecular weight is 238 g/mol. The summed E-state index contributed by atoms with van der Waals surface area (Å²) >= 11 is 5.67. The SMILES string of the molecule is CC(C)Cn1ncc(Cl)c1S(N)(=O)=O. The fraction of sp³-hybridized carbons (Fsp3) is 0.571. The van der Waals surface area contributed by atoms with Crippen LogP contribution in [0.4, 0.5) is 0 Å². The minimum absolute atomic E-state index is 0.0631. The first kappa shape index (κ1) is 11.5. The van der Waals surface area contributed by atoms with Gasteiger partial charge in [-0.15, -0.1) is 0 Å². The Morgan fingerprint density at radius 1 is 1.64 bits per heavy atom. The van der Waals surface area contributed by atoms with E-state index in [4.69, 9.17) is 16.7 Å². The summed E-state index contributed by atoms with van der Waals surface area (Å²) in [6.45, 7) is 4.36. The maximum Gasteiger partial charge on any atom is 0.256 e. The highest BCUT2D eigenvalue weighted by Crippen LogP contribution is 2.20. The van der Waals surface area contributed by atoms with Gasteiger partial charge in [-0.05, 0) is 5.92 Å². The highest BCUT2D eigenvalue weighted by Gasteiger charge is 2.20. The lowest BCUT2D eigenvalue weighted by atomic mass is 10.2.